The number of ether oxygens (including phenoxy) is 2. The minimum atomic E-state index is -4.71. The molecule has 0 saturated carbocycles. The first-order valence-electron chi connectivity index (χ1n) is 14.5. The third-order valence-corrected chi connectivity index (χ3v) is 8.28. The van der Waals surface area contributed by atoms with E-state index >= 15 is 0 Å². The number of alkyl halides is 6. The molecule has 1 aliphatic heterocycles. The van der Waals surface area contributed by atoms with Crippen LogP contribution >= 0.6 is 0 Å². The van der Waals surface area contributed by atoms with Crippen molar-refractivity contribution in [3.63, 3.8) is 0 Å². The van der Waals surface area contributed by atoms with Crippen molar-refractivity contribution >= 4 is 5.97 Å². The maximum absolute atomic E-state index is 14.1. The fourth-order valence-corrected chi connectivity index (χ4v) is 5.74. The van der Waals surface area contributed by atoms with E-state index < -0.39 is 41.2 Å². The van der Waals surface area contributed by atoms with Gasteiger partial charge in [0.2, 0.25) is 0 Å². The number of hydrogen-bond donors (Lipinski definition) is 0. The molecule has 3 unspecified atom stereocenters. The molecule has 3 atom stereocenters. The molecule has 0 amide bonds. The average Bonchev–Trinajstić information content (AvgIpc) is 2.80. The number of carbonyl (C=O) groups excluding carboxylic acids is 1. The largest absolute Gasteiger partial charge is 0.487 e. The van der Waals surface area contributed by atoms with E-state index in [9.17, 15) is 31.1 Å². The molecular formula is C31H46F6O3. The van der Waals surface area contributed by atoms with Gasteiger partial charge in [0.1, 0.15) is 22.7 Å². The summed E-state index contributed by atoms with van der Waals surface area (Å²) in [5.41, 5.74) is -0.845. The SMILES string of the molecule is CC(=O)Oc1c(C)c(C)c2c(c1C(F)(F)F)CCC(C)(CCCC(C)CCCC(CCCC(C)C)C(F)(F)F)O2. The first-order chi connectivity index (χ1) is 18.4. The Bertz CT molecular complexity index is 999. The highest BCUT2D eigenvalue weighted by atomic mass is 19.4. The number of fused-ring (bicyclic) bond motifs is 1. The molecule has 1 aliphatic rings. The zero-order chi connectivity index (χ0) is 30.5. The molecule has 0 N–H and O–H groups in total. The Balaban J connectivity index is 1.99. The quantitative estimate of drug-likeness (QED) is 0.132. The lowest BCUT2D eigenvalue weighted by atomic mass is 9.83. The van der Waals surface area contributed by atoms with Crippen LogP contribution in [0.1, 0.15) is 121 Å². The molecular weight excluding hydrogens is 534 g/mol. The molecule has 0 fully saturated rings. The van der Waals surface area contributed by atoms with Gasteiger partial charge in [-0.2, -0.15) is 26.3 Å². The van der Waals surface area contributed by atoms with Crippen molar-refractivity contribution < 1.29 is 40.6 Å². The fraction of sp³-hybridized carbons (Fsp3) is 0.774. The first-order valence-corrected chi connectivity index (χ1v) is 14.5. The van der Waals surface area contributed by atoms with E-state index in [0.717, 1.165) is 26.2 Å². The van der Waals surface area contributed by atoms with Gasteiger partial charge in [0.15, 0.2) is 0 Å². The van der Waals surface area contributed by atoms with Gasteiger partial charge in [0.05, 0.1) is 5.92 Å². The second kappa shape index (κ2) is 13.8. The van der Waals surface area contributed by atoms with Crippen molar-refractivity contribution in [2.45, 2.75) is 137 Å². The summed E-state index contributed by atoms with van der Waals surface area (Å²) >= 11 is 0. The lowest BCUT2D eigenvalue weighted by Gasteiger charge is -2.39. The van der Waals surface area contributed by atoms with Crippen LogP contribution in [0.2, 0.25) is 0 Å². The van der Waals surface area contributed by atoms with Crippen LogP contribution in [0.5, 0.6) is 11.5 Å². The predicted octanol–water partition coefficient (Wildman–Crippen LogP) is 10.3. The lowest BCUT2D eigenvalue weighted by Crippen LogP contribution is -2.37. The van der Waals surface area contributed by atoms with Crippen LogP contribution < -0.4 is 9.47 Å². The van der Waals surface area contributed by atoms with Crippen LogP contribution in [0, 0.1) is 31.6 Å². The van der Waals surface area contributed by atoms with E-state index in [0.29, 0.717) is 43.6 Å². The van der Waals surface area contributed by atoms with Crippen LogP contribution in [0.15, 0.2) is 0 Å². The Kier molecular flexibility index (Phi) is 11.8. The first kappa shape index (κ1) is 34.3. The standard InChI is InChI=1S/C31H46F6O3/c1-19(2)11-8-14-24(30(32,33)34)15-9-12-20(3)13-10-17-29(7)18-16-25-26(31(35,36)37)28(39-23(6)38)22(5)21(4)27(25)40-29/h19-20,24H,8-18H2,1-7H3. The summed E-state index contributed by atoms with van der Waals surface area (Å²) in [6.45, 7) is 12.2. The number of halogens is 6. The lowest BCUT2D eigenvalue weighted by molar-refractivity contribution is -0.179. The van der Waals surface area contributed by atoms with E-state index in [1.165, 1.54) is 6.92 Å². The van der Waals surface area contributed by atoms with Crippen LogP contribution in [-0.4, -0.2) is 17.7 Å². The normalized spacial score (nSPS) is 19.2. The number of rotatable bonds is 13. The molecule has 40 heavy (non-hydrogen) atoms. The van der Waals surface area contributed by atoms with Crippen LogP contribution in [-0.2, 0) is 17.4 Å². The molecule has 1 aromatic carbocycles. The molecule has 0 saturated heterocycles. The molecule has 3 nitrogen and oxygen atoms in total. The Morgan fingerprint density at radius 1 is 0.925 bits per heavy atom. The Hall–Kier alpha value is -1.93. The van der Waals surface area contributed by atoms with Gasteiger partial charge in [0, 0.05) is 12.5 Å². The second-order valence-electron chi connectivity index (χ2n) is 12.4. The van der Waals surface area contributed by atoms with E-state index in [4.69, 9.17) is 9.47 Å². The predicted molar refractivity (Wildman–Crippen MR) is 145 cm³/mol. The zero-order valence-electron chi connectivity index (χ0n) is 25.0. The molecule has 2 rings (SSSR count). The number of esters is 1. The summed E-state index contributed by atoms with van der Waals surface area (Å²) in [4.78, 5) is 11.5. The van der Waals surface area contributed by atoms with Gasteiger partial charge < -0.3 is 9.47 Å². The topological polar surface area (TPSA) is 35.5 Å². The Morgan fingerprint density at radius 2 is 1.50 bits per heavy atom. The molecule has 0 aromatic heterocycles. The van der Waals surface area contributed by atoms with Crippen LogP contribution in [0.3, 0.4) is 0 Å². The minimum Gasteiger partial charge on any atom is -0.487 e. The number of carbonyl (C=O) groups is 1. The Labute approximate surface area is 235 Å². The fourth-order valence-electron chi connectivity index (χ4n) is 5.74. The second-order valence-corrected chi connectivity index (χ2v) is 12.4. The van der Waals surface area contributed by atoms with Gasteiger partial charge in [0.25, 0.3) is 0 Å². The third-order valence-electron chi connectivity index (χ3n) is 8.28. The highest BCUT2D eigenvalue weighted by Gasteiger charge is 2.44. The van der Waals surface area contributed by atoms with Gasteiger partial charge in [-0.05, 0) is 82.3 Å². The van der Waals surface area contributed by atoms with Crippen molar-refractivity contribution in [3.05, 3.63) is 22.3 Å². The molecule has 0 bridgehead atoms. The van der Waals surface area contributed by atoms with E-state index in [2.05, 4.69) is 0 Å². The molecule has 1 heterocycles. The molecule has 1 aromatic rings. The summed E-state index contributed by atoms with van der Waals surface area (Å²) in [6, 6.07) is 0. The minimum absolute atomic E-state index is 0.0188. The van der Waals surface area contributed by atoms with Crippen LogP contribution in [0.25, 0.3) is 0 Å². The van der Waals surface area contributed by atoms with E-state index in [1.54, 1.807) is 6.92 Å². The molecule has 0 spiro atoms. The smallest absolute Gasteiger partial charge is 0.420 e. The van der Waals surface area contributed by atoms with Gasteiger partial charge in [-0.1, -0.05) is 52.9 Å². The molecule has 0 radical (unpaired) electrons. The molecule has 230 valence electrons. The maximum Gasteiger partial charge on any atom is 0.420 e. The van der Waals surface area contributed by atoms with Crippen LogP contribution in [0.4, 0.5) is 26.3 Å². The van der Waals surface area contributed by atoms with Crippen molar-refractivity contribution in [1.82, 2.24) is 0 Å². The van der Waals surface area contributed by atoms with Gasteiger partial charge in [-0.3, -0.25) is 4.79 Å². The number of hydrogen-bond acceptors (Lipinski definition) is 3. The average molecular weight is 581 g/mol. The van der Waals surface area contributed by atoms with Crippen molar-refractivity contribution in [2.75, 3.05) is 0 Å². The summed E-state index contributed by atoms with van der Waals surface area (Å²) in [6.07, 6.45) is -3.18. The van der Waals surface area contributed by atoms with Gasteiger partial charge >= 0.3 is 18.3 Å². The zero-order valence-corrected chi connectivity index (χ0v) is 25.0. The summed E-state index contributed by atoms with van der Waals surface area (Å²) < 4.78 is 93.9. The van der Waals surface area contributed by atoms with Crippen molar-refractivity contribution in [1.29, 1.82) is 0 Å². The summed E-state index contributed by atoms with van der Waals surface area (Å²) in [5.74, 6) is -1.67. The Morgan fingerprint density at radius 3 is 2.02 bits per heavy atom. The number of benzene rings is 1. The monoisotopic (exact) mass is 580 g/mol. The van der Waals surface area contributed by atoms with E-state index in [-0.39, 0.29) is 42.1 Å². The maximum atomic E-state index is 14.1. The highest BCUT2D eigenvalue weighted by molar-refractivity contribution is 5.72. The van der Waals surface area contributed by atoms with Gasteiger partial charge in [-0.25, -0.2) is 0 Å². The van der Waals surface area contributed by atoms with Gasteiger partial charge in [-0.15, -0.1) is 0 Å². The third kappa shape index (κ3) is 9.57. The molecule has 0 aliphatic carbocycles. The van der Waals surface area contributed by atoms with Crippen molar-refractivity contribution in [3.8, 4) is 11.5 Å². The van der Waals surface area contributed by atoms with E-state index in [1.807, 2.05) is 27.7 Å². The summed E-state index contributed by atoms with van der Waals surface area (Å²) in [7, 11) is 0. The highest BCUT2D eigenvalue weighted by Crippen LogP contribution is 2.50. The molecule has 9 heteroatoms. The summed E-state index contributed by atoms with van der Waals surface area (Å²) in [5, 5.41) is 0. The van der Waals surface area contributed by atoms with Crippen molar-refractivity contribution in [2.24, 2.45) is 17.8 Å².